The van der Waals surface area contributed by atoms with Crippen LogP contribution in [0.3, 0.4) is 0 Å². The maximum absolute atomic E-state index is 12.2. The van der Waals surface area contributed by atoms with Gasteiger partial charge in [0.05, 0.1) is 5.69 Å². The quantitative estimate of drug-likeness (QED) is 0.727. The topological polar surface area (TPSA) is 78.3 Å². The molecule has 0 bridgehead atoms. The van der Waals surface area contributed by atoms with Crippen molar-refractivity contribution in [3.8, 4) is 11.3 Å². The van der Waals surface area contributed by atoms with Gasteiger partial charge in [-0.2, -0.15) is 0 Å². The number of nitrogens with one attached hydrogen (secondary N) is 1. The number of fused-ring (bicyclic) bond motifs is 1. The number of carboxylic acids is 1. The fourth-order valence-corrected chi connectivity index (χ4v) is 4.40. The van der Waals surface area contributed by atoms with Gasteiger partial charge in [-0.3, -0.25) is 9.69 Å². The normalized spacial score (nSPS) is 17.5. The minimum Gasteiger partial charge on any atom is -0.477 e. The zero-order valence-corrected chi connectivity index (χ0v) is 16.5. The number of likely N-dealkylation sites (tertiary alicyclic amines) is 1. The number of hydrogen-bond acceptors (Lipinski definition) is 3. The van der Waals surface area contributed by atoms with Crippen LogP contribution in [-0.4, -0.2) is 39.1 Å². The van der Waals surface area contributed by atoms with Crippen LogP contribution in [-0.2, 0) is 13.5 Å². The van der Waals surface area contributed by atoms with Crippen LogP contribution < -0.4 is 5.56 Å². The van der Waals surface area contributed by atoms with Crippen molar-refractivity contribution in [3.63, 3.8) is 0 Å². The number of rotatable bonds is 4. The fraction of sp³-hybridized carbons (Fsp3) is 0.364. The molecule has 4 rings (SSSR count). The third-order valence-electron chi connectivity index (χ3n) is 5.96. The summed E-state index contributed by atoms with van der Waals surface area (Å²) in [4.78, 5) is 28.7. The summed E-state index contributed by atoms with van der Waals surface area (Å²) in [6.45, 7) is 3.08. The van der Waals surface area contributed by atoms with E-state index in [9.17, 15) is 14.7 Å². The van der Waals surface area contributed by atoms with Crippen molar-refractivity contribution in [3.05, 3.63) is 57.5 Å². The molecule has 6 heteroatoms. The second kappa shape index (κ2) is 6.95. The van der Waals surface area contributed by atoms with Gasteiger partial charge in [0, 0.05) is 29.7 Å². The van der Waals surface area contributed by atoms with Gasteiger partial charge >= 0.3 is 5.97 Å². The third-order valence-corrected chi connectivity index (χ3v) is 5.96. The Morgan fingerprint density at radius 1 is 1.25 bits per heavy atom. The van der Waals surface area contributed by atoms with E-state index in [1.54, 1.807) is 0 Å². The number of nitrogens with zero attached hydrogens (tertiary/aromatic N) is 2. The number of pyridine rings is 1. The van der Waals surface area contributed by atoms with E-state index < -0.39 is 11.5 Å². The molecule has 1 fully saturated rings. The van der Waals surface area contributed by atoms with Crippen LogP contribution in [0, 0.1) is 0 Å². The Bertz CT molecular complexity index is 1130. The number of aromatic amines is 1. The predicted molar refractivity (Wildman–Crippen MR) is 110 cm³/mol. The lowest BCUT2D eigenvalue weighted by Crippen LogP contribution is -2.19. The van der Waals surface area contributed by atoms with Crippen molar-refractivity contribution >= 4 is 16.9 Å². The van der Waals surface area contributed by atoms with Gasteiger partial charge in [-0.05, 0) is 68.2 Å². The first-order chi connectivity index (χ1) is 13.4. The molecule has 28 heavy (non-hydrogen) atoms. The summed E-state index contributed by atoms with van der Waals surface area (Å²) in [5.41, 5.74) is 4.09. The van der Waals surface area contributed by atoms with Gasteiger partial charge in [-0.15, -0.1) is 0 Å². The summed E-state index contributed by atoms with van der Waals surface area (Å²) in [5, 5.41) is 10.3. The molecule has 3 heterocycles. The minimum absolute atomic E-state index is 0.215. The van der Waals surface area contributed by atoms with Crippen LogP contribution in [0.1, 0.15) is 47.4 Å². The first-order valence-electron chi connectivity index (χ1n) is 9.70. The lowest BCUT2D eigenvalue weighted by molar-refractivity contribution is 0.0695. The number of H-pyrrole nitrogens is 1. The van der Waals surface area contributed by atoms with Gasteiger partial charge in [-0.25, -0.2) is 4.79 Å². The lowest BCUT2D eigenvalue weighted by atomic mass is 10.0. The van der Waals surface area contributed by atoms with Crippen molar-refractivity contribution in [2.24, 2.45) is 7.05 Å². The number of benzene rings is 1. The highest BCUT2D eigenvalue weighted by Crippen LogP contribution is 2.35. The first kappa shape index (κ1) is 18.5. The Balaban J connectivity index is 1.83. The SMILES string of the molecule is CCc1cc(C(=O)O)c(=O)[nH]c1-c1ccc2c(c1)cc([C@H]1CCCN1C)n2C. The van der Waals surface area contributed by atoms with Gasteiger partial charge in [0.15, 0.2) is 0 Å². The second-order valence-corrected chi connectivity index (χ2v) is 7.61. The summed E-state index contributed by atoms with van der Waals surface area (Å²) in [6, 6.07) is 10.3. The van der Waals surface area contributed by atoms with E-state index in [1.807, 2.05) is 13.0 Å². The molecule has 1 aliphatic heterocycles. The van der Waals surface area contributed by atoms with E-state index in [-0.39, 0.29) is 5.56 Å². The van der Waals surface area contributed by atoms with Crippen molar-refractivity contribution < 1.29 is 9.90 Å². The minimum atomic E-state index is -1.20. The summed E-state index contributed by atoms with van der Waals surface area (Å²) in [5.74, 6) is -1.20. The number of hydrogen-bond donors (Lipinski definition) is 2. The molecule has 6 nitrogen and oxygen atoms in total. The molecule has 2 aromatic heterocycles. The predicted octanol–water partition coefficient (Wildman–Crippen LogP) is 3.56. The highest BCUT2D eigenvalue weighted by atomic mass is 16.4. The van der Waals surface area contributed by atoms with Gasteiger partial charge in [0.1, 0.15) is 5.56 Å². The molecule has 0 spiro atoms. The molecule has 2 N–H and O–H groups in total. The Hall–Kier alpha value is -2.86. The molecule has 0 amide bonds. The molecule has 3 aromatic rings. The van der Waals surface area contributed by atoms with E-state index in [2.05, 4.69) is 46.7 Å². The monoisotopic (exact) mass is 379 g/mol. The average molecular weight is 379 g/mol. The van der Waals surface area contributed by atoms with Crippen molar-refractivity contribution in [1.82, 2.24) is 14.5 Å². The molecule has 0 saturated carbocycles. The standard InChI is InChI=1S/C22H25N3O3/c1-4-13-11-16(22(27)28)21(26)23-20(13)14-7-8-17-15(10-14)12-19(25(17)3)18-6-5-9-24(18)2/h7-8,10-12,18H,4-6,9H2,1-3H3,(H,23,26)(H,27,28)/t18-/m1/s1. The van der Waals surface area contributed by atoms with Gasteiger partial charge < -0.3 is 14.7 Å². The van der Waals surface area contributed by atoms with E-state index in [1.165, 1.54) is 18.2 Å². The number of carboxylic acid groups (broad SMARTS) is 1. The van der Waals surface area contributed by atoms with E-state index in [0.29, 0.717) is 18.2 Å². The van der Waals surface area contributed by atoms with Crippen molar-refractivity contribution in [2.45, 2.75) is 32.2 Å². The molecule has 0 unspecified atom stereocenters. The van der Waals surface area contributed by atoms with Crippen LogP contribution in [0.2, 0.25) is 0 Å². The zero-order valence-electron chi connectivity index (χ0n) is 16.5. The molecule has 1 saturated heterocycles. The van der Waals surface area contributed by atoms with Crippen LogP contribution in [0.4, 0.5) is 0 Å². The van der Waals surface area contributed by atoms with Gasteiger partial charge in [-0.1, -0.05) is 13.0 Å². The maximum Gasteiger partial charge on any atom is 0.341 e. The molecule has 1 aromatic carbocycles. The highest BCUT2D eigenvalue weighted by Gasteiger charge is 2.25. The average Bonchev–Trinajstić information content (AvgIpc) is 3.23. The Kier molecular flexibility index (Phi) is 4.59. The molecule has 0 radical (unpaired) electrons. The van der Waals surface area contributed by atoms with E-state index in [0.717, 1.165) is 35.0 Å². The Morgan fingerprint density at radius 3 is 2.68 bits per heavy atom. The summed E-state index contributed by atoms with van der Waals surface area (Å²) < 4.78 is 2.25. The molecular weight excluding hydrogens is 354 g/mol. The molecular formula is C22H25N3O3. The van der Waals surface area contributed by atoms with Gasteiger partial charge in [0.2, 0.25) is 0 Å². The van der Waals surface area contributed by atoms with E-state index >= 15 is 0 Å². The number of aryl methyl sites for hydroxylation is 2. The number of aromatic nitrogens is 2. The number of carbonyl (C=O) groups is 1. The maximum atomic E-state index is 12.2. The Labute approximate surface area is 163 Å². The van der Waals surface area contributed by atoms with Gasteiger partial charge in [0.25, 0.3) is 5.56 Å². The van der Waals surface area contributed by atoms with Crippen LogP contribution in [0.25, 0.3) is 22.2 Å². The van der Waals surface area contributed by atoms with Crippen molar-refractivity contribution in [2.75, 3.05) is 13.6 Å². The highest BCUT2D eigenvalue weighted by molar-refractivity contribution is 5.89. The summed E-state index contributed by atoms with van der Waals surface area (Å²) >= 11 is 0. The summed E-state index contributed by atoms with van der Waals surface area (Å²) in [7, 11) is 4.27. The van der Waals surface area contributed by atoms with Crippen LogP contribution in [0.15, 0.2) is 35.1 Å². The number of aromatic carboxylic acids is 1. The molecule has 146 valence electrons. The van der Waals surface area contributed by atoms with E-state index in [4.69, 9.17) is 0 Å². The Morgan fingerprint density at radius 2 is 2.04 bits per heavy atom. The second-order valence-electron chi connectivity index (χ2n) is 7.61. The third kappa shape index (κ3) is 2.94. The van der Waals surface area contributed by atoms with Crippen LogP contribution in [0.5, 0.6) is 0 Å². The van der Waals surface area contributed by atoms with Crippen molar-refractivity contribution in [1.29, 1.82) is 0 Å². The molecule has 0 aliphatic carbocycles. The fourth-order valence-electron chi connectivity index (χ4n) is 4.40. The molecule has 1 aliphatic rings. The lowest BCUT2D eigenvalue weighted by Gasteiger charge is -2.20. The smallest absolute Gasteiger partial charge is 0.341 e. The zero-order chi connectivity index (χ0) is 20.0. The van der Waals surface area contributed by atoms with Crippen LogP contribution >= 0.6 is 0 Å². The largest absolute Gasteiger partial charge is 0.477 e. The molecule has 1 atom stereocenters. The first-order valence-corrected chi connectivity index (χ1v) is 9.70. The summed E-state index contributed by atoms with van der Waals surface area (Å²) in [6.07, 6.45) is 3.01.